The van der Waals surface area contributed by atoms with Gasteiger partial charge in [-0.25, -0.2) is 4.39 Å². The van der Waals surface area contributed by atoms with E-state index in [4.69, 9.17) is 9.47 Å². The van der Waals surface area contributed by atoms with Crippen LogP contribution in [0.25, 0.3) is 0 Å². The van der Waals surface area contributed by atoms with Crippen LogP contribution in [0, 0.1) is 17.7 Å². The first kappa shape index (κ1) is 11.8. The van der Waals surface area contributed by atoms with Crippen LogP contribution in [-0.2, 0) is 0 Å². The molecule has 17 heavy (non-hydrogen) atoms. The van der Waals surface area contributed by atoms with Crippen molar-refractivity contribution in [2.24, 2.45) is 0 Å². The van der Waals surface area contributed by atoms with Gasteiger partial charge in [0.15, 0.2) is 11.5 Å². The Labute approximate surface area is 101 Å². The summed E-state index contributed by atoms with van der Waals surface area (Å²) in [5.74, 6) is 6.71. The molecule has 1 aromatic carbocycles. The maximum absolute atomic E-state index is 13.9. The van der Waals surface area contributed by atoms with Gasteiger partial charge in [0, 0.05) is 12.5 Å². The fourth-order valence-electron chi connectivity index (χ4n) is 1.82. The summed E-state index contributed by atoms with van der Waals surface area (Å²) < 4.78 is 24.6. The van der Waals surface area contributed by atoms with Crippen LogP contribution in [-0.4, -0.2) is 13.2 Å². The molecule has 0 saturated heterocycles. The summed E-state index contributed by atoms with van der Waals surface area (Å²) >= 11 is 0. The van der Waals surface area contributed by atoms with Gasteiger partial charge in [0.2, 0.25) is 0 Å². The molecule has 1 atom stereocenters. The average Bonchev–Trinajstić information content (AvgIpc) is 2.35. The predicted molar refractivity (Wildman–Crippen MR) is 63.9 cm³/mol. The van der Waals surface area contributed by atoms with Crippen LogP contribution >= 0.6 is 0 Å². The predicted octanol–water partition coefficient (Wildman–Crippen LogP) is 3.11. The average molecular weight is 234 g/mol. The summed E-state index contributed by atoms with van der Waals surface area (Å²) in [7, 11) is 0. The lowest BCUT2D eigenvalue weighted by atomic mass is 9.97. The standard InChI is InChI=1S/C14H15FO2/c1-3-4-5-10(2)11-8-13-14(9-12(11)15)17-7-6-16-13/h8-10H,5-7H2,1-2H3. The van der Waals surface area contributed by atoms with Gasteiger partial charge in [-0.15, -0.1) is 11.8 Å². The van der Waals surface area contributed by atoms with Gasteiger partial charge in [0.05, 0.1) is 0 Å². The van der Waals surface area contributed by atoms with Crippen molar-refractivity contribution in [2.75, 3.05) is 13.2 Å². The molecule has 0 bridgehead atoms. The molecule has 0 N–H and O–H groups in total. The van der Waals surface area contributed by atoms with Crippen LogP contribution in [0.4, 0.5) is 4.39 Å². The largest absolute Gasteiger partial charge is 0.486 e. The van der Waals surface area contributed by atoms with Crippen molar-refractivity contribution in [3.05, 3.63) is 23.5 Å². The van der Waals surface area contributed by atoms with Crippen molar-refractivity contribution >= 4 is 0 Å². The summed E-state index contributed by atoms with van der Waals surface area (Å²) in [6.45, 7) is 4.73. The first-order chi connectivity index (χ1) is 8.22. The van der Waals surface area contributed by atoms with Crippen molar-refractivity contribution in [3.63, 3.8) is 0 Å². The Morgan fingerprint density at radius 3 is 2.59 bits per heavy atom. The van der Waals surface area contributed by atoms with Crippen LogP contribution < -0.4 is 9.47 Å². The maximum Gasteiger partial charge on any atom is 0.164 e. The van der Waals surface area contributed by atoms with Crippen molar-refractivity contribution < 1.29 is 13.9 Å². The Hall–Kier alpha value is -1.69. The highest BCUT2D eigenvalue weighted by Crippen LogP contribution is 2.35. The zero-order chi connectivity index (χ0) is 12.3. The van der Waals surface area contributed by atoms with E-state index in [1.165, 1.54) is 6.07 Å². The van der Waals surface area contributed by atoms with E-state index < -0.39 is 0 Å². The molecule has 0 aromatic heterocycles. The van der Waals surface area contributed by atoms with Crippen LogP contribution in [0.5, 0.6) is 11.5 Å². The van der Waals surface area contributed by atoms with Crippen molar-refractivity contribution in [1.29, 1.82) is 0 Å². The fraction of sp³-hybridized carbons (Fsp3) is 0.429. The Morgan fingerprint density at radius 2 is 1.94 bits per heavy atom. The van der Waals surface area contributed by atoms with Gasteiger partial charge in [-0.1, -0.05) is 6.92 Å². The SMILES string of the molecule is CC#CCC(C)c1cc2c(cc1F)OCCO2. The Bertz CT molecular complexity index is 471. The van der Waals surface area contributed by atoms with Crippen LogP contribution in [0.2, 0.25) is 0 Å². The van der Waals surface area contributed by atoms with E-state index in [1.807, 2.05) is 6.92 Å². The lowest BCUT2D eigenvalue weighted by Crippen LogP contribution is -2.16. The first-order valence-electron chi connectivity index (χ1n) is 5.71. The topological polar surface area (TPSA) is 18.5 Å². The molecule has 0 saturated carbocycles. The minimum Gasteiger partial charge on any atom is -0.486 e. The molecule has 1 aliphatic heterocycles. The molecule has 90 valence electrons. The summed E-state index contributed by atoms with van der Waals surface area (Å²) in [6, 6.07) is 3.13. The molecule has 1 unspecified atom stereocenters. The molecule has 1 aliphatic rings. The van der Waals surface area contributed by atoms with Crippen LogP contribution in [0.15, 0.2) is 12.1 Å². The highest BCUT2D eigenvalue weighted by molar-refractivity contribution is 5.45. The van der Waals surface area contributed by atoms with Gasteiger partial charge < -0.3 is 9.47 Å². The van der Waals surface area contributed by atoms with Gasteiger partial charge in [0.25, 0.3) is 0 Å². The second-order valence-corrected chi connectivity index (χ2v) is 4.05. The Kier molecular flexibility index (Phi) is 3.53. The number of rotatable bonds is 2. The molecule has 1 heterocycles. The molecular weight excluding hydrogens is 219 g/mol. The molecule has 0 spiro atoms. The molecule has 3 heteroatoms. The first-order valence-corrected chi connectivity index (χ1v) is 5.71. The number of ether oxygens (including phenoxy) is 2. The monoisotopic (exact) mass is 234 g/mol. The van der Waals surface area contributed by atoms with Crippen LogP contribution in [0.1, 0.15) is 31.7 Å². The fourth-order valence-corrected chi connectivity index (χ4v) is 1.82. The molecule has 0 aliphatic carbocycles. The second kappa shape index (κ2) is 5.09. The highest BCUT2D eigenvalue weighted by atomic mass is 19.1. The molecule has 0 radical (unpaired) electrons. The van der Waals surface area contributed by atoms with Crippen molar-refractivity contribution in [1.82, 2.24) is 0 Å². The van der Waals surface area contributed by atoms with E-state index in [9.17, 15) is 4.39 Å². The van der Waals surface area contributed by atoms with Crippen molar-refractivity contribution in [3.8, 4) is 23.3 Å². The summed E-state index contributed by atoms with van der Waals surface area (Å²) in [5.41, 5.74) is 0.636. The minimum absolute atomic E-state index is 0.0540. The molecule has 1 aromatic rings. The third kappa shape index (κ3) is 2.52. The smallest absolute Gasteiger partial charge is 0.164 e. The van der Waals surface area contributed by atoms with Gasteiger partial charge in [-0.05, 0) is 24.5 Å². The van der Waals surface area contributed by atoms with Gasteiger partial charge in [-0.2, -0.15) is 0 Å². The summed E-state index contributed by atoms with van der Waals surface area (Å²) in [4.78, 5) is 0. The van der Waals surface area contributed by atoms with Gasteiger partial charge in [0.1, 0.15) is 19.0 Å². The van der Waals surface area contributed by atoms with Gasteiger partial charge >= 0.3 is 0 Å². The minimum atomic E-state index is -0.250. The Balaban J connectivity index is 2.30. The third-order valence-corrected chi connectivity index (χ3v) is 2.78. The number of benzene rings is 1. The molecule has 0 fully saturated rings. The van der Waals surface area contributed by atoms with E-state index in [-0.39, 0.29) is 11.7 Å². The van der Waals surface area contributed by atoms with E-state index in [2.05, 4.69) is 11.8 Å². The third-order valence-electron chi connectivity index (χ3n) is 2.78. The van der Waals surface area contributed by atoms with E-state index in [0.717, 1.165) is 0 Å². The molecule has 0 amide bonds. The van der Waals surface area contributed by atoms with Crippen molar-refractivity contribution in [2.45, 2.75) is 26.2 Å². The number of fused-ring (bicyclic) bond motifs is 1. The Morgan fingerprint density at radius 1 is 1.29 bits per heavy atom. The van der Waals surface area contributed by atoms with Crippen LogP contribution in [0.3, 0.4) is 0 Å². The zero-order valence-electron chi connectivity index (χ0n) is 10.0. The number of halogens is 1. The zero-order valence-corrected chi connectivity index (χ0v) is 10.0. The highest BCUT2D eigenvalue weighted by Gasteiger charge is 2.18. The number of hydrogen-bond donors (Lipinski definition) is 0. The molecule has 2 rings (SSSR count). The maximum atomic E-state index is 13.9. The molecule has 2 nitrogen and oxygen atoms in total. The lowest BCUT2D eigenvalue weighted by Gasteiger charge is -2.20. The van der Waals surface area contributed by atoms with E-state index in [0.29, 0.717) is 36.7 Å². The summed E-state index contributed by atoms with van der Waals surface area (Å²) in [6.07, 6.45) is 0.646. The lowest BCUT2D eigenvalue weighted by molar-refractivity contribution is 0.170. The normalized spacial score (nSPS) is 14.8. The van der Waals surface area contributed by atoms with E-state index in [1.54, 1.807) is 13.0 Å². The van der Waals surface area contributed by atoms with E-state index >= 15 is 0 Å². The number of hydrogen-bond acceptors (Lipinski definition) is 2. The molecular formula is C14H15FO2. The second-order valence-electron chi connectivity index (χ2n) is 4.05. The van der Waals surface area contributed by atoms with Gasteiger partial charge in [-0.3, -0.25) is 0 Å². The quantitative estimate of drug-likeness (QED) is 0.732. The summed E-state index contributed by atoms with van der Waals surface area (Å²) in [5, 5.41) is 0.